The van der Waals surface area contributed by atoms with Crippen LogP contribution in [0.2, 0.25) is 0 Å². The largest absolute Gasteiger partial charge is 0.379 e. The van der Waals surface area contributed by atoms with Crippen LogP contribution < -0.4 is 15.5 Å². The lowest BCUT2D eigenvalue weighted by Gasteiger charge is -2.18. The second-order valence-corrected chi connectivity index (χ2v) is 7.29. The molecule has 2 saturated heterocycles. The summed E-state index contributed by atoms with van der Waals surface area (Å²) in [6.07, 6.45) is 3.50. The summed E-state index contributed by atoms with van der Waals surface area (Å²) in [5, 5.41) is 6.77. The fraction of sp³-hybridized carbons (Fsp3) is 0.667. The van der Waals surface area contributed by atoms with Crippen molar-refractivity contribution in [3.63, 3.8) is 0 Å². The number of para-hydroxylation sites is 1. The van der Waals surface area contributed by atoms with Gasteiger partial charge < -0.3 is 25.0 Å². The quantitative estimate of drug-likeness (QED) is 0.394. The van der Waals surface area contributed by atoms with Crippen LogP contribution in [0.5, 0.6) is 0 Å². The third kappa shape index (κ3) is 6.70. The van der Waals surface area contributed by atoms with Crippen LogP contribution in [0, 0.1) is 5.92 Å². The Kier molecular flexibility index (Phi) is 8.24. The molecule has 0 bridgehead atoms. The molecule has 2 aliphatic rings. The lowest BCUT2D eigenvalue weighted by atomic mass is 10.1. The van der Waals surface area contributed by atoms with Crippen LogP contribution in [0.4, 0.5) is 5.69 Å². The molecule has 3 rings (SSSR count). The van der Waals surface area contributed by atoms with E-state index >= 15 is 0 Å². The number of aliphatic imine (C=N–C) groups is 1. The molecule has 2 heterocycles. The van der Waals surface area contributed by atoms with Gasteiger partial charge in [0.15, 0.2) is 5.96 Å². The summed E-state index contributed by atoms with van der Waals surface area (Å²) in [6.45, 7) is 9.29. The van der Waals surface area contributed by atoms with Crippen molar-refractivity contribution < 1.29 is 9.47 Å². The number of nitrogens with one attached hydrogen (secondary N) is 2. The van der Waals surface area contributed by atoms with Gasteiger partial charge in [0, 0.05) is 51.6 Å². The first kappa shape index (κ1) is 20.0. The van der Waals surface area contributed by atoms with E-state index in [9.17, 15) is 0 Å². The van der Waals surface area contributed by atoms with E-state index in [2.05, 4.69) is 52.8 Å². The van der Waals surface area contributed by atoms with E-state index in [0.29, 0.717) is 12.0 Å². The highest BCUT2D eigenvalue weighted by Crippen LogP contribution is 2.23. The van der Waals surface area contributed by atoms with Gasteiger partial charge in [-0.3, -0.25) is 4.99 Å². The highest BCUT2D eigenvalue weighted by atomic mass is 16.5. The maximum Gasteiger partial charge on any atom is 0.191 e. The maximum absolute atomic E-state index is 5.81. The van der Waals surface area contributed by atoms with Gasteiger partial charge in [0.2, 0.25) is 0 Å². The summed E-state index contributed by atoms with van der Waals surface area (Å²) >= 11 is 0. The van der Waals surface area contributed by atoms with Crippen molar-refractivity contribution in [1.82, 2.24) is 10.6 Å². The van der Waals surface area contributed by atoms with Gasteiger partial charge in [0.25, 0.3) is 0 Å². The SMILES string of the molecule is CCNC(=NCC1CCN(c2ccccc2)C1)NCCCOC1CCOC1. The third-order valence-corrected chi connectivity index (χ3v) is 5.11. The Balaban J connectivity index is 1.35. The van der Waals surface area contributed by atoms with Crippen LogP contribution in [0.25, 0.3) is 0 Å². The molecule has 150 valence electrons. The molecule has 0 aliphatic carbocycles. The summed E-state index contributed by atoms with van der Waals surface area (Å²) in [4.78, 5) is 7.27. The standard InChI is InChI=1S/C21H34N4O2/c1-2-22-21(23-11-6-13-27-20-10-14-26-17-20)24-15-18-9-12-25(16-18)19-7-4-3-5-8-19/h3-5,7-8,18,20H,2,6,9-17H2,1H3,(H2,22,23,24). The van der Waals surface area contributed by atoms with E-state index in [4.69, 9.17) is 14.5 Å². The molecule has 2 aliphatic heterocycles. The van der Waals surface area contributed by atoms with Crippen LogP contribution in [-0.4, -0.2) is 64.6 Å². The fourth-order valence-corrected chi connectivity index (χ4v) is 3.59. The highest BCUT2D eigenvalue weighted by molar-refractivity contribution is 5.79. The molecule has 27 heavy (non-hydrogen) atoms. The Morgan fingerprint density at radius 3 is 2.93 bits per heavy atom. The van der Waals surface area contributed by atoms with Crippen molar-refractivity contribution in [1.29, 1.82) is 0 Å². The summed E-state index contributed by atoms with van der Waals surface area (Å²) in [6, 6.07) is 10.7. The number of rotatable bonds is 9. The Morgan fingerprint density at radius 1 is 1.26 bits per heavy atom. The van der Waals surface area contributed by atoms with Gasteiger partial charge in [-0.15, -0.1) is 0 Å². The molecule has 2 N–H and O–H groups in total. The molecular formula is C21H34N4O2. The van der Waals surface area contributed by atoms with Crippen LogP contribution in [0.3, 0.4) is 0 Å². The summed E-state index contributed by atoms with van der Waals surface area (Å²) in [5.74, 6) is 1.53. The molecule has 2 fully saturated rings. The Labute approximate surface area is 163 Å². The van der Waals surface area contributed by atoms with Crippen LogP contribution in [0.15, 0.2) is 35.3 Å². The van der Waals surface area contributed by atoms with Crippen LogP contribution >= 0.6 is 0 Å². The van der Waals surface area contributed by atoms with Crippen molar-refractivity contribution in [2.75, 3.05) is 57.4 Å². The van der Waals surface area contributed by atoms with E-state index < -0.39 is 0 Å². The number of hydrogen-bond donors (Lipinski definition) is 2. The fourth-order valence-electron chi connectivity index (χ4n) is 3.59. The molecule has 1 aromatic carbocycles. The Bertz CT molecular complexity index is 561. The lowest BCUT2D eigenvalue weighted by molar-refractivity contribution is 0.0420. The molecule has 0 aromatic heterocycles. The van der Waals surface area contributed by atoms with Crippen LogP contribution in [0.1, 0.15) is 26.2 Å². The maximum atomic E-state index is 5.81. The molecule has 0 spiro atoms. The van der Waals surface area contributed by atoms with Gasteiger partial charge in [-0.05, 0) is 44.2 Å². The minimum atomic E-state index is 0.293. The van der Waals surface area contributed by atoms with Crippen molar-refractivity contribution in [2.24, 2.45) is 10.9 Å². The predicted molar refractivity (Wildman–Crippen MR) is 111 cm³/mol. The average molecular weight is 375 g/mol. The van der Waals surface area contributed by atoms with Crippen molar-refractivity contribution in [3.8, 4) is 0 Å². The Hall–Kier alpha value is -1.79. The van der Waals surface area contributed by atoms with Crippen molar-refractivity contribution in [3.05, 3.63) is 30.3 Å². The minimum Gasteiger partial charge on any atom is -0.379 e. The molecule has 2 atom stereocenters. The molecule has 0 saturated carbocycles. The van der Waals surface area contributed by atoms with Gasteiger partial charge >= 0.3 is 0 Å². The lowest BCUT2D eigenvalue weighted by Crippen LogP contribution is -2.38. The zero-order chi connectivity index (χ0) is 18.7. The van der Waals surface area contributed by atoms with Gasteiger partial charge in [0.05, 0.1) is 12.7 Å². The minimum absolute atomic E-state index is 0.293. The number of nitrogens with zero attached hydrogens (tertiary/aromatic N) is 2. The zero-order valence-electron chi connectivity index (χ0n) is 16.5. The number of ether oxygens (including phenoxy) is 2. The summed E-state index contributed by atoms with van der Waals surface area (Å²) in [7, 11) is 0. The number of anilines is 1. The average Bonchev–Trinajstić information content (AvgIpc) is 3.38. The normalized spacial score (nSPS) is 23.0. The summed E-state index contributed by atoms with van der Waals surface area (Å²) < 4.78 is 11.1. The second-order valence-electron chi connectivity index (χ2n) is 7.29. The monoisotopic (exact) mass is 374 g/mol. The van der Waals surface area contributed by atoms with Gasteiger partial charge in [0.1, 0.15) is 0 Å². The molecule has 1 aromatic rings. The van der Waals surface area contributed by atoms with E-state index in [1.54, 1.807) is 0 Å². The predicted octanol–water partition coefficient (Wildman–Crippen LogP) is 2.26. The van der Waals surface area contributed by atoms with E-state index in [-0.39, 0.29) is 0 Å². The highest BCUT2D eigenvalue weighted by Gasteiger charge is 2.22. The van der Waals surface area contributed by atoms with E-state index in [0.717, 1.165) is 71.3 Å². The molecule has 2 unspecified atom stereocenters. The Morgan fingerprint density at radius 2 is 2.15 bits per heavy atom. The van der Waals surface area contributed by atoms with Crippen molar-refractivity contribution >= 4 is 11.6 Å². The van der Waals surface area contributed by atoms with Gasteiger partial charge in [-0.2, -0.15) is 0 Å². The number of hydrogen-bond acceptors (Lipinski definition) is 4. The first-order chi connectivity index (χ1) is 13.3. The number of benzene rings is 1. The first-order valence-corrected chi connectivity index (χ1v) is 10.4. The smallest absolute Gasteiger partial charge is 0.191 e. The van der Waals surface area contributed by atoms with Crippen molar-refractivity contribution in [2.45, 2.75) is 32.3 Å². The molecular weight excluding hydrogens is 340 g/mol. The topological polar surface area (TPSA) is 58.1 Å². The van der Waals surface area contributed by atoms with E-state index in [1.807, 2.05) is 0 Å². The molecule has 6 heteroatoms. The second kappa shape index (κ2) is 11.1. The van der Waals surface area contributed by atoms with Gasteiger partial charge in [-0.1, -0.05) is 18.2 Å². The van der Waals surface area contributed by atoms with Crippen LogP contribution in [-0.2, 0) is 9.47 Å². The number of guanidine groups is 1. The molecule has 0 radical (unpaired) electrons. The molecule has 0 amide bonds. The third-order valence-electron chi connectivity index (χ3n) is 5.11. The van der Waals surface area contributed by atoms with Gasteiger partial charge in [-0.25, -0.2) is 0 Å². The zero-order valence-corrected chi connectivity index (χ0v) is 16.5. The summed E-state index contributed by atoms with van der Waals surface area (Å²) in [5.41, 5.74) is 1.32. The molecule has 6 nitrogen and oxygen atoms in total. The van der Waals surface area contributed by atoms with E-state index in [1.165, 1.54) is 12.1 Å². The first-order valence-electron chi connectivity index (χ1n) is 10.4.